The van der Waals surface area contributed by atoms with E-state index in [1.807, 2.05) is 0 Å². The van der Waals surface area contributed by atoms with Crippen LogP contribution < -0.4 is 5.32 Å². The van der Waals surface area contributed by atoms with Crippen LogP contribution in [-0.4, -0.2) is 38.4 Å². The Labute approximate surface area is 104 Å². The number of rotatable bonds is 7. The molecule has 0 bridgehead atoms. The van der Waals surface area contributed by atoms with E-state index in [1.54, 1.807) is 0 Å². The second-order valence-electron chi connectivity index (χ2n) is 4.48. The van der Waals surface area contributed by atoms with Crippen molar-refractivity contribution in [1.82, 2.24) is 5.32 Å². The van der Waals surface area contributed by atoms with Crippen LogP contribution in [0.4, 0.5) is 0 Å². The highest BCUT2D eigenvalue weighted by molar-refractivity contribution is 7.91. The molecule has 16 heavy (non-hydrogen) atoms. The molecular formula is C11H22ClNO2S. The van der Waals surface area contributed by atoms with Crippen molar-refractivity contribution in [3.05, 3.63) is 0 Å². The summed E-state index contributed by atoms with van der Waals surface area (Å²) in [6, 6.07) is 0.615. The quantitative estimate of drug-likeness (QED) is 0.567. The number of halogens is 1. The highest BCUT2D eigenvalue weighted by Gasteiger charge is 2.13. The summed E-state index contributed by atoms with van der Waals surface area (Å²) in [4.78, 5) is 0. The summed E-state index contributed by atoms with van der Waals surface area (Å²) in [5, 5.41) is 3.44. The minimum atomic E-state index is -2.91. The zero-order valence-electron chi connectivity index (χ0n) is 9.75. The topological polar surface area (TPSA) is 46.2 Å². The summed E-state index contributed by atoms with van der Waals surface area (Å²) < 4.78 is 22.7. The van der Waals surface area contributed by atoms with Crippen molar-refractivity contribution in [2.24, 2.45) is 0 Å². The van der Waals surface area contributed by atoms with Crippen molar-refractivity contribution in [3.63, 3.8) is 0 Å². The van der Waals surface area contributed by atoms with Crippen molar-refractivity contribution < 1.29 is 8.42 Å². The van der Waals surface area contributed by atoms with Crippen LogP contribution in [0.15, 0.2) is 0 Å². The Balaban J connectivity index is 2.06. The molecule has 0 aromatic rings. The van der Waals surface area contributed by atoms with Gasteiger partial charge >= 0.3 is 0 Å². The van der Waals surface area contributed by atoms with E-state index in [0.717, 1.165) is 6.54 Å². The molecular weight excluding hydrogens is 246 g/mol. The Morgan fingerprint density at radius 2 is 1.81 bits per heavy atom. The predicted molar refractivity (Wildman–Crippen MR) is 68.9 cm³/mol. The zero-order chi connectivity index (χ0) is 11.9. The molecule has 0 aromatic carbocycles. The first-order valence-corrected chi connectivity index (χ1v) is 8.49. The number of hydrogen-bond acceptors (Lipinski definition) is 3. The van der Waals surface area contributed by atoms with E-state index in [-0.39, 0.29) is 17.4 Å². The molecule has 0 radical (unpaired) electrons. The zero-order valence-corrected chi connectivity index (χ0v) is 11.3. The Morgan fingerprint density at radius 3 is 2.44 bits per heavy atom. The lowest BCUT2D eigenvalue weighted by molar-refractivity contribution is 0.374. The Kier molecular flexibility index (Phi) is 6.70. The van der Waals surface area contributed by atoms with Gasteiger partial charge in [0.15, 0.2) is 9.84 Å². The normalized spacial score (nSPS) is 18.8. The van der Waals surface area contributed by atoms with Gasteiger partial charge in [-0.15, -0.1) is 11.6 Å². The third-order valence-corrected chi connectivity index (χ3v) is 5.21. The van der Waals surface area contributed by atoms with Crippen molar-refractivity contribution in [2.45, 2.75) is 44.6 Å². The Bertz CT molecular complexity index is 274. The number of hydrogen-bond donors (Lipinski definition) is 1. The van der Waals surface area contributed by atoms with E-state index >= 15 is 0 Å². The molecule has 0 atom stereocenters. The fourth-order valence-corrected chi connectivity index (χ4v) is 3.85. The highest BCUT2D eigenvalue weighted by Crippen LogP contribution is 2.17. The standard InChI is InChI=1S/C11H22ClNO2S/c12-7-10-16(14,15)9-4-8-13-11-5-2-1-3-6-11/h11,13H,1-10H2. The van der Waals surface area contributed by atoms with Crippen LogP contribution in [0.25, 0.3) is 0 Å². The molecule has 1 fully saturated rings. The predicted octanol–water partition coefficient (Wildman–Crippen LogP) is 1.95. The van der Waals surface area contributed by atoms with Crippen molar-refractivity contribution in [3.8, 4) is 0 Å². The maximum absolute atomic E-state index is 11.4. The van der Waals surface area contributed by atoms with Crippen LogP contribution in [0.5, 0.6) is 0 Å². The third-order valence-electron chi connectivity index (χ3n) is 3.06. The van der Waals surface area contributed by atoms with Gasteiger partial charge in [-0.25, -0.2) is 8.42 Å². The highest BCUT2D eigenvalue weighted by atomic mass is 35.5. The maximum atomic E-state index is 11.4. The summed E-state index contributed by atoms with van der Waals surface area (Å²) >= 11 is 5.43. The van der Waals surface area contributed by atoms with Gasteiger partial charge in [0.25, 0.3) is 0 Å². The van der Waals surface area contributed by atoms with Gasteiger partial charge in [-0.3, -0.25) is 0 Å². The van der Waals surface area contributed by atoms with E-state index in [4.69, 9.17) is 11.6 Å². The summed E-state index contributed by atoms with van der Waals surface area (Å²) in [6.07, 6.45) is 7.16. The Morgan fingerprint density at radius 1 is 1.12 bits per heavy atom. The van der Waals surface area contributed by atoms with E-state index in [9.17, 15) is 8.42 Å². The molecule has 3 nitrogen and oxygen atoms in total. The summed E-state index contributed by atoms with van der Waals surface area (Å²) in [7, 11) is -2.91. The van der Waals surface area contributed by atoms with E-state index in [2.05, 4.69) is 5.32 Å². The first-order valence-electron chi connectivity index (χ1n) is 6.14. The summed E-state index contributed by atoms with van der Waals surface area (Å²) in [5.41, 5.74) is 0. The second kappa shape index (κ2) is 7.51. The molecule has 1 saturated carbocycles. The number of alkyl halides is 1. The van der Waals surface area contributed by atoms with Gasteiger partial charge in [-0.05, 0) is 25.8 Å². The summed E-state index contributed by atoms with van der Waals surface area (Å²) in [6.45, 7) is 0.812. The monoisotopic (exact) mass is 267 g/mol. The van der Waals surface area contributed by atoms with E-state index in [0.29, 0.717) is 12.5 Å². The largest absolute Gasteiger partial charge is 0.314 e. The molecule has 0 aromatic heterocycles. The molecule has 0 amide bonds. The Hall–Kier alpha value is 0.200. The molecule has 0 unspecified atom stereocenters. The van der Waals surface area contributed by atoms with Crippen LogP contribution in [0.3, 0.4) is 0 Å². The van der Waals surface area contributed by atoms with Crippen LogP contribution in [0, 0.1) is 0 Å². The lowest BCUT2D eigenvalue weighted by Gasteiger charge is -2.22. The molecule has 0 saturated heterocycles. The molecule has 0 heterocycles. The van der Waals surface area contributed by atoms with Crippen LogP contribution in [0.2, 0.25) is 0 Å². The van der Waals surface area contributed by atoms with Gasteiger partial charge in [0.1, 0.15) is 0 Å². The smallest absolute Gasteiger partial charge is 0.151 e. The van der Waals surface area contributed by atoms with Crippen LogP contribution in [-0.2, 0) is 9.84 Å². The fourth-order valence-electron chi connectivity index (χ4n) is 2.12. The molecule has 1 rings (SSSR count). The van der Waals surface area contributed by atoms with Gasteiger partial charge in [-0.1, -0.05) is 19.3 Å². The van der Waals surface area contributed by atoms with Crippen molar-refractivity contribution in [1.29, 1.82) is 0 Å². The van der Waals surface area contributed by atoms with Gasteiger partial charge in [0.2, 0.25) is 0 Å². The molecule has 5 heteroatoms. The van der Waals surface area contributed by atoms with E-state index < -0.39 is 9.84 Å². The third kappa shape index (κ3) is 6.06. The molecule has 1 aliphatic rings. The maximum Gasteiger partial charge on any atom is 0.151 e. The van der Waals surface area contributed by atoms with Crippen molar-refractivity contribution >= 4 is 21.4 Å². The van der Waals surface area contributed by atoms with Gasteiger partial charge in [0.05, 0.1) is 11.5 Å². The lowest BCUT2D eigenvalue weighted by Crippen LogP contribution is -2.32. The van der Waals surface area contributed by atoms with Crippen molar-refractivity contribution in [2.75, 3.05) is 23.9 Å². The van der Waals surface area contributed by atoms with Crippen LogP contribution >= 0.6 is 11.6 Å². The van der Waals surface area contributed by atoms with Gasteiger partial charge < -0.3 is 5.32 Å². The minimum Gasteiger partial charge on any atom is -0.314 e. The molecule has 0 spiro atoms. The summed E-state index contributed by atoms with van der Waals surface area (Å²) in [5.74, 6) is 0.579. The molecule has 1 N–H and O–H groups in total. The average Bonchev–Trinajstić information content (AvgIpc) is 2.26. The van der Waals surface area contributed by atoms with Crippen LogP contribution in [0.1, 0.15) is 38.5 Å². The molecule has 0 aliphatic heterocycles. The average molecular weight is 268 g/mol. The molecule has 96 valence electrons. The van der Waals surface area contributed by atoms with E-state index in [1.165, 1.54) is 32.1 Å². The van der Waals surface area contributed by atoms with Gasteiger partial charge in [-0.2, -0.15) is 0 Å². The number of nitrogens with one attached hydrogen (secondary N) is 1. The SMILES string of the molecule is O=S(=O)(CCCl)CCCNC1CCCCC1. The number of sulfone groups is 1. The fraction of sp³-hybridized carbons (Fsp3) is 1.00. The first-order chi connectivity index (χ1) is 7.64. The molecule has 1 aliphatic carbocycles. The first kappa shape index (κ1) is 14.3. The lowest BCUT2D eigenvalue weighted by atomic mass is 9.95. The second-order valence-corrected chi connectivity index (χ2v) is 7.17. The van der Waals surface area contributed by atoms with Gasteiger partial charge in [0, 0.05) is 11.9 Å². The minimum absolute atomic E-state index is 0.109.